The largest absolute Gasteiger partial charge is 0.461 e. The number of benzene rings is 3. The Kier molecular flexibility index (Phi) is 5.86. The van der Waals surface area contributed by atoms with E-state index in [-0.39, 0.29) is 5.97 Å². The molecule has 0 fully saturated rings. The van der Waals surface area contributed by atoms with Crippen LogP contribution in [0.25, 0.3) is 21.7 Å². The number of aryl methyl sites for hydroxylation is 1. The van der Waals surface area contributed by atoms with Crippen LogP contribution in [0.2, 0.25) is 0 Å². The molecule has 0 bridgehead atoms. The molecule has 0 aliphatic carbocycles. The zero-order valence-corrected chi connectivity index (χ0v) is 17.9. The van der Waals surface area contributed by atoms with Crippen molar-refractivity contribution in [3.63, 3.8) is 0 Å². The minimum Gasteiger partial charge on any atom is -0.461 e. The fraction of sp³-hybridized carbons (Fsp3) is 0.208. The van der Waals surface area contributed by atoms with E-state index in [4.69, 9.17) is 4.74 Å². The molecule has 1 aromatic heterocycles. The number of esters is 1. The number of ether oxygens (including phenoxy) is 1. The highest BCUT2D eigenvalue weighted by Gasteiger charge is 2.19. The Morgan fingerprint density at radius 2 is 1.79 bits per heavy atom. The third-order valence-electron chi connectivity index (χ3n) is 5.08. The number of aromatic amines is 1. The van der Waals surface area contributed by atoms with Crippen molar-refractivity contribution in [1.29, 1.82) is 0 Å². The topological polar surface area (TPSA) is 54.1 Å². The summed E-state index contributed by atoms with van der Waals surface area (Å²) in [5.74, 6) is -0.299. The Morgan fingerprint density at radius 1 is 1.03 bits per heavy atom. The molecule has 0 unspecified atom stereocenters. The molecule has 0 saturated heterocycles. The molecule has 3 aromatic carbocycles. The van der Waals surface area contributed by atoms with Crippen LogP contribution in [0.1, 0.15) is 29.4 Å². The van der Waals surface area contributed by atoms with Gasteiger partial charge in [0.05, 0.1) is 12.1 Å². The highest BCUT2D eigenvalue weighted by Crippen LogP contribution is 2.30. The molecule has 0 radical (unpaired) electrons. The van der Waals surface area contributed by atoms with Gasteiger partial charge in [-0.2, -0.15) is 0 Å². The first-order valence-corrected chi connectivity index (χ1v) is 10.7. The van der Waals surface area contributed by atoms with Gasteiger partial charge in [-0.3, -0.25) is 0 Å². The second-order valence-corrected chi connectivity index (χ2v) is 7.77. The number of carbonyl (C=O) groups excluding carboxylic acids is 1. The van der Waals surface area contributed by atoms with Crippen molar-refractivity contribution in [1.82, 2.24) is 4.98 Å². The summed E-state index contributed by atoms with van der Waals surface area (Å²) in [5.41, 5.74) is 3.64. The molecule has 4 rings (SSSR count). The van der Waals surface area contributed by atoms with Gasteiger partial charge in [0.1, 0.15) is 5.69 Å². The number of anilines is 1. The van der Waals surface area contributed by atoms with Gasteiger partial charge < -0.3 is 15.0 Å². The van der Waals surface area contributed by atoms with Crippen LogP contribution >= 0.6 is 15.9 Å². The summed E-state index contributed by atoms with van der Waals surface area (Å²) in [6, 6.07) is 20.7. The minimum absolute atomic E-state index is 0.299. The number of halogens is 1. The first kappa shape index (κ1) is 19.5. The molecule has 4 nitrogen and oxygen atoms in total. The molecule has 0 saturated carbocycles. The predicted molar refractivity (Wildman–Crippen MR) is 123 cm³/mol. The van der Waals surface area contributed by atoms with E-state index in [2.05, 4.69) is 68.7 Å². The Bertz CT molecular complexity index is 1160. The smallest absolute Gasteiger partial charge is 0.355 e. The summed E-state index contributed by atoms with van der Waals surface area (Å²) in [4.78, 5) is 15.7. The average molecular weight is 451 g/mol. The summed E-state index contributed by atoms with van der Waals surface area (Å²) in [7, 11) is 0. The lowest BCUT2D eigenvalue weighted by Crippen LogP contribution is -2.09. The maximum absolute atomic E-state index is 12.5. The summed E-state index contributed by atoms with van der Waals surface area (Å²) >= 11 is 3.57. The molecule has 29 heavy (non-hydrogen) atoms. The molecule has 4 aromatic rings. The maximum atomic E-state index is 12.5. The number of H-pyrrole nitrogens is 1. The quantitative estimate of drug-likeness (QED) is 0.256. The van der Waals surface area contributed by atoms with Crippen LogP contribution in [0, 0.1) is 0 Å². The lowest BCUT2D eigenvalue weighted by molar-refractivity contribution is 0.0519. The first-order valence-electron chi connectivity index (χ1n) is 9.87. The third kappa shape index (κ3) is 4.01. The molecule has 0 aliphatic heterocycles. The van der Waals surface area contributed by atoms with Crippen molar-refractivity contribution < 1.29 is 9.53 Å². The Labute approximate surface area is 178 Å². The maximum Gasteiger partial charge on any atom is 0.355 e. The van der Waals surface area contributed by atoms with Crippen LogP contribution in [0.5, 0.6) is 0 Å². The molecular formula is C24H23BrN2O2. The molecule has 0 aliphatic rings. The fourth-order valence-corrected chi connectivity index (χ4v) is 4.21. The van der Waals surface area contributed by atoms with Crippen LogP contribution in [-0.4, -0.2) is 24.1 Å². The number of para-hydroxylation sites is 1. The number of rotatable bonds is 7. The van der Waals surface area contributed by atoms with Crippen LogP contribution < -0.4 is 5.32 Å². The van der Waals surface area contributed by atoms with Gasteiger partial charge in [-0.15, -0.1) is 0 Å². The van der Waals surface area contributed by atoms with Gasteiger partial charge in [0.25, 0.3) is 0 Å². The van der Waals surface area contributed by atoms with Crippen molar-refractivity contribution in [2.45, 2.75) is 19.8 Å². The monoisotopic (exact) mass is 450 g/mol. The van der Waals surface area contributed by atoms with Crippen molar-refractivity contribution >= 4 is 49.3 Å². The number of aromatic nitrogens is 1. The van der Waals surface area contributed by atoms with Gasteiger partial charge in [0.15, 0.2) is 0 Å². The summed E-state index contributed by atoms with van der Waals surface area (Å²) in [6.07, 6.45) is 1.68. The lowest BCUT2D eigenvalue weighted by Gasteiger charge is -2.10. The highest BCUT2D eigenvalue weighted by molar-refractivity contribution is 9.10. The standard InChI is InChI=1S/C24H23BrN2O2/c1-2-29-24(28)23-19(18-11-6-13-20(25)22(18)27-23)12-7-15-26-21-14-5-9-16-8-3-4-10-17(16)21/h3-6,8-11,13-14,26-27H,2,7,12,15H2,1H3. The van der Waals surface area contributed by atoms with Crippen LogP contribution in [-0.2, 0) is 11.2 Å². The summed E-state index contributed by atoms with van der Waals surface area (Å²) < 4.78 is 6.21. The van der Waals surface area contributed by atoms with Crippen LogP contribution in [0.4, 0.5) is 5.69 Å². The molecule has 0 spiro atoms. The van der Waals surface area contributed by atoms with E-state index in [0.717, 1.165) is 46.0 Å². The number of hydrogen-bond donors (Lipinski definition) is 2. The molecule has 2 N–H and O–H groups in total. The van der Waals surface area contributed by atoms with E-state index >= 15 is 0 Å². The van der Waals surface area contributed by atoms with Gasteiger partial charge in [0, 0.05) is 27.5 Å². The zero-order chi connectivity index (χ0) is 20.2. The average Bonchev–Trinajstić information content (AvgIpc) is 3.11. The second kappa shape index (κ2) is 8.70. The zero-order valence-electron chi connectivity index (χ0n) is 16.3. The van der Waals surface area contributed by atoms with Crippen molar-refractivity contribution in [2.24, 2.45) is 0 Å². The molecule has 0 atom stereocenters. The normalized spacial score (nSPS) is 11.1. The first-order chi connectivity index (χ1) is 14.2. The van der Waals surface area contributed by atoms with E-state index in [1.54, 1.807) is 0 Å². The van der Waals surface area contributed by atoms with E-state index in [0.29, 0.717) is 12.3 Å². The molecule has 148 valence electrons. The molecule has 1 heterocycles. The van der Waals surface area contributed by atoms with Gasteiger partial charge in [0.2, 0.25) is 0 Å². The van der Waals surface area contributed by atoms with E-state index < -0.39 is 0 Å². The fourth-order valence-electron chi connectivity index (χ4n) is 3.74. The number of fused-ring (bicyclic) bond motifs is 2. The van der Waals surface area contributed by atoms with Crippen molar-refractivity contribution in [2.75, 3.05) is 18.5 Å². The van der Waals surface area contributed by atoms with E-state index in [1.165, 1.54) is 10.8 Å². The number of carbonyl (C=O) groups is 1. The van der Waals surface area contributed by atoms with Gasteiger partial charge >= 0.3 is 5.97 Å². The number of hydrogen-bond acceptors (Lipinski definition) is 3. The van der Waals surface area contributed by atoms with Crippen LogP contribution in [0.3, 0.4) is 0 Å². The predicted octanol–water partition coefficient (Wildman–Crippen LogP) is 6.31. The van der Waals surface area contributed by atoms with E-state index in [1.807, 2.05) is 25.1 Å². The van der Waals surface area contributed by atoms with Crippen molar-refractivity contribution in [3.05, 3.63) is 76.4 Å². The van der Waals surface area contributed by atoms with Gasteiger partial charge in [-0.1, -0.05) is 48.5 Å². The third-order valence-corrected chi connectivity index (χ3v) is 5.74. The molecular weight excluding hydrogens is 428 g/mol. The Hall–Kier alpha value is -2.79. The lowest BCUT2D eigenvalue weighted by atomic mass is 10.0. The van der Waals surface area contributed by atoms with Crippen LogP contribution in [0.15, 0.2) is 65.1 Å². The molecule has 0 amide bonds. The summed E-state index contributed by atoms with van der Waals surface area (Å²) in [6.45, 7) is 3.00. The second-order valence-electron chi connectivity index (χ2n) is 6.92. The highest BCUT2D eigenvalue weighted by atomic mass is 79.9. The minimum atomic E-state index is -0.299. The van der Waals surface area contributed by atoms with Gasteiger partial charge in [-0.25, -0.2) is 4.79 Å². The number of nitrogens with one attached hydrogen (secondary N) is 2. The van der Waals surface area contributed by atoms with Crippen molar-refractivity contribution in [3.8, 4) is 0 Å². The summed E-state index contributed by atoms with van der Waals surface area (Å²) in [5, 5.41) is 7.06. The van der Waals surface area contributed by atoms with Gasteiger partial charge in [-0.05, 0) is 58.8 Å². The van der Waals surface area contributed by atoms with E-state index in [9.17, 15) is 4.79 Å². The SMILES string of the molecule is CCOC(=O)c1[nH]c2c(Br)cccc2c1CCCNc1cccc2ccccc12. The molecule has 5 heteroatoms. The Morgan fingerprint density at radius 3 is 2.66 bits per heavy atom. The Balaban J connectivity index is 1.52.